The number of rotatable bonds is 3. The Bertz CT molecular complexity index is 496. The summed E-state index contributed by atoms with van der Waals surface area (Å²) >= 11 is 0. The average Bonchev–Trinajstić information content (AvgIpc) is 2.38. The molecular formula is C15H15O2. The monoisotopic (exact) mass is 227 g/mol. The van der Waals surface area contributed by atoms with E-state index >= 15 is 0 Å². The van der Waals surface area contributed by atoms with Gasteiger partial charge in [-0.05, 0) is 41.8 Å². The smallest absolute Gasteiger partial charge is 0.123 e. The number of ether oxygens (including phenoxy) is 2. The maximum absolute atomic E-state index is 5.26. The van der Waals surface area contributed by atoms with E-state index < -0.39 is 0 Å². The first-order valence-electron chi connectivity index (χ1n) is 5.44. The van der Waals surface area contributed by atoms with Crippen LogP contribution in [0.4, 0.5) is 0 Å². The van der Waals surface area contributed by atoms with Gasteiger partial charge in [-0.25, -0.2) is 0 Å². The third-order valence-electron chi connectivity index (χ3n) is 2.63. The minimum Gasteiger partial charge on any atom is -0.497 e. The summed E-state index contributed by atoms with van der Waals surface area (Å²) in [6.07, 6.45) is 0. The Kier molecular flexibility index (Phi) is 3.33. The summed E-state index contributed by atoms with van der Waals surface area (Å²) in [5.74, 6) is 1.59. The highest BCUT2D eigenvalue weighted by Gasteiger charge is 2.04. The summed E-state index contributed by atoms with van der Waals surface area (Å²) in [4.78, 5) is 0. The summed E-state index contributed by atoms with van der Waals surface area (Å²) in [6, 6.07) is 15.0. The highest BCUT2D eigenvalue weighted by Crippen LogP contribution is 2.29. The van der Waals surface area contributed by atoms with E-state index in [-0.39, 0.29) is 0 Å². The van der Waals surface area contributed by atoms with E-state index in [1.54, 1.807) is 14.2 Å². The number of aryl methyl sites for hydroxylation is 1. The molecule has 0 saturated carbocycles. The van der Waals surface area contributed by atoms with Crippen molar-refractivity contribution in [2.45, 2.75) is 6.92 Å². The molecule has 1 radical (unpaired) electrons. The molecule has 2 aromatic rings. The molecule has 0 aliphatic heterocycles. The van der Waals surface area contributed by atoms with Gasteiger partial charge in [0.2, 0.25) is 0 Å². The van der Waals surface area contributed by atoms with Gasteiger partial charge in [0.1, 0.15) is 11.5 Å². The Morgan fingerprint density at radius 2 is 1.53 bits per heavy atom. The first kappa shape index (κ1) is 11.5. The molecule has 2 nitrogen and oxygen atoms in total. The largest absolute Gasteiger partial charge is 0.497 e. The predicted octanol–water partition coefficient (Wildman–Crippen LogP) is 3.48. The second kappa shape index (κ2) is 4.91. The van der Waals surface area contributed by atoms with E-state index in [1.807, 2.05) is 37.3 Å². The normalized spacial score (nSPS) is 10.1. The molecule has 0 aliphatic rings. The van der Waals surface area contributed by atoms with Crippen LogP contribution in [0.3, 0.4) is 0 Å². The van der Waals surface area contributed by atoms with Crippen LogP contribution in [0.15, 0.2) is 36.4 Å². The van der Waals surface area contributed by atoms with Gasteiger partial charge < -0.3 is 9.47 Å². The van der Waals surface area contributed by atoms with Crippen LogP contribution in [-0.2, 0) is 0 Å². The van der Waals surface area contributed by atoms with Crippen LogP contribution in [0.5, 0.6) is 11.5 Å². The van der Waals surface area contributed by atoms with Gasteiger partial charge >= 0.3 is 0 Å². The Labute approximate surface area is 102 Å². The summed E-state index contributed by atoms with van der Waals surface area (Å²) in [5, 5.41) is 0. The van der Waals surface area contributed by atoms with E-state index in [0.29, 0.717) is 0 Å². The highest BCUT2D eigenvalue weighted by molar-refractivity contribution is 5.67. The Hall–Kier alpha value is -1.96. The molecule has 0 bridgehead atoms. The fourth-order valence-electron chi connectivity index (χ4n) is 1.74. The van der Waals surface area contributed by atoms with Crippen molar-refractivity contribution in [3.63, 3.8) is 0 Å². The van der Waals surface area contributed by atoms with Crippen molar-refractivity contribution in [2.75, 3.05) is 14.2 Å². The standard InChI is InChI=1S/C15H15O2/c1-11-5-4-6-12(7-11)13-8-14(16-2)10-15(9-13)17-3/h4,6-10H,1-3H3. The first-order valence-corrected chi connectivity index (χ1v) is 5.44. The number of methoxy groups -OCH3 is 2. The van der Waals surface area contributed by atoms with Crippen molar-refractivity contribution in [1.82, 2.24) is 0 Å². The topological polar surface area (TPSA) is 18.5 Å². The molecule has 0 N–H and O–H groups in total. The van der Waals surface area contributed by atoms with Crippen LogP contribution >= 0.6 is 0 Å². The summed E-state index contributed by atoms with van der Waals surface area (Å²) in [7, 11) is 3.31. The van der Waals surface area contributed by atoms with Crippen molar-refractivity contribution in [1.29, 1.82) is 0 Å². The molecule has 2 aromatic carbocycles. The summed E-state index contributed by atoms with van der Waals surface area (Å²) in [6.45, 7) is 2.03. The minimum atomic E-state index is 0.796. The van der Waals surface area contributed by atoms with E-state index in [4.69, 9.17) is 9.47 Å². The molecule has 0 atom stereocenters. The second-order valence-corrected chi connectivity index (χ2v) is 3.86. The lowest BCUT2D eigenvalue weighted by atomic mass is 10.0. The van der Waals surface area contributed by atoms with Gasteiger partial charge in [-0.15, -0.1) is 0 Å². The van der Waals surface area contributed by atoms with Gasteiger partial charge in [-0.2, -0.15) is 0 Å². The molecule has 0 unspecified atom stereocenters. The number of benzene rings is 2. The van der Waals surface area contributed by atoms with Crippen molar-refractivity contribution in [2.24, 2.45) is 0 Å². The van der Waals surface area contributed by atoms with Crippen LogP contribution in [0.2, 0.25) is 0 Å². The molecule has 87 valence electrons. The molecular weight excluding hydrogens is 212 g/mol. The van der Waals surface area contributed by atoms with Gasteiger partial charge in [-0.1, -0.05) is 18.2 Å². The average molecular weight is 227 g/mol. The van der Waals surface area contributed by atoms with Crippen molar-refractivity contribution in [3.05, 3.63) is 48.0 Å². The fraction of sp³-hybridized carbons (Fsp3) is 0.200. The molecule has 0 aliphatic carbocycles. The van der Waals surface area contributed by atoms with Gasteiger partial charge in [0.25, 0.3) is 0 Å². The van der Waals surface area contributed by atoms with Gasteiger partial charge in [0.15, 0.2) is 0 Å². The van der Waals surface area contributed by atoms with Crippen molar-refractivity contribution >= 4 is 0 Å². The third kappa shape index (κ3) is 2.59. The summed E-state index contributed by atoms with van der Waals surface area (Å²) < 4.78 is 10.5. The van der Waals surface area contributed by atoms with Gasteiger partial charge in [0, 0.05) is 6.07 Å². The van der Waals surface area contributed by atoms with Gasteiger partial charge in [0.05, 0.1) is 14.2 Å². The second-order valence-electron chi connectivity index (χ2n) is 3.86. The molecule has 0 aromatic heterocycles. The molecule has 0 fully saturated rings. The van der Waals surface area contributed by atoms with Crippen LogP contribution in [-0.4, -0.2) is 14.2 Å². The zero-order chi connectivity index (χ0) is 12.3. The van der Waals surface area contributed by atoms with Crippen LogP contribution in [0.1, 0.15) is 5.56 Å². The Morgan fingerprint density at radius 3 is 2.06 bits per heavy atom. The Balaban J connectivity index is 2.50. The quantitative estimate of drug-likeness (QED) is 0.799. The van der Waals surface area contributed by atoms with E-state index in [9.17, 15) is 0 Å². The van der Waals surface area contributed by atoms with Crippen LogP contribution in [0.25, 0.3) is 11.1 Å². The molecule has 2 heteroatoms. The van der Waals surface area contributed by atoms with Crippen LogP contribution in [0, 0.1) is 13.0 Å². The van der Waals surface area contributed by atoms with E-state index in [1.165, 1.54) is 0 Å². The number of hydrogen-bond acceptors (Lipinski definition) is 2. The maximum Gasteiger partial charge on any atom is 0.123 e. The van der Waals surface area contributed by atoms with Crippen molar-refractivity contribution in [3.8, 4) is 22.6 Å². The lowest BCUT2D eigenvalue weighted by Crippen LogP contribution is -1.89. The fourth-order valence-corrected chi connectivity index (χ4v) is 1.74. The van der Waals surface area contributed by atoms with Gasteiger partial charge in [-0.3, -0.25) is 0 Å². The van der Waals surface area contributed by atoms with E-state index in [2.05, 4.69) is 12.1 Å². The lowest BCUT2D eigenvalue weighted by molar-refractivity contribution is 0.394. The minimum absolute atomic E-state index is 0.796. The molecule has 0 saturated heterocycles. The lowest BCUT2D eigenvalue weighted by Gasteiger charge is -2.09. The van der Waals surface area contributed by atoms with Crippen LogP contribution < -0.4 is 9.47 Å². The molecule has 0 spiro atoms. The Morgan fingerprint density at radius 1 is 0.882 bits per heavy atom. The third-order valence-corrected chi connectivity index (χ3v) is 2.63. The SMILES string of the molecule is COc1cc(OC)cc(-c2cc[c]c(C)c2)c1. The zero-order valence-electron chi connectivity index (χ0n) is 10.3. The maximum atomic E-state index is 5.26. The zero-order valence-corrected chi connectivity index (χ0v) is 10.3. The van der Waals surface area contributed by atoms with Crippen molar-refractivity contribution < 1.29 is 9.47 Å². The molecule has 17 heavy (non-hydrogen) atoms. The summed E-state index contributed by atoms with van der Waals surface area (Å²) in [5.41, 5.74) is 3.33. The molecule has 2 rings (SSSR count). The first-order chi connectivity index (χ1) is 8.22. The van der Waals surface area contributed by atoms with E-state index in [0.717, 1.165) is 28.2 Å². The molecule has 0 heterocycles. The number of hydrogen-bond donors (Lipinski definition) is 0. The molecule has 0 amide bonds. The predicted molar refractivity (Wildman–Crippen MR) is 68.6 cm³/mol. The highest BCUT2D eigenvalue weighted by atomic mass is 16.5.